The topological polar surface area (TPSA) is 3.24 Å². The van der Waals surface area contributed by atoms with Crippen LogP contribution in [0.1, 0.15) is 82.9 Å². The van der Waals surface area contributed by atoms with E-state index >= 15 is 0 Å². The summed E-state index contributed by atoms with van der Waals surface area (Å²) in [6.07, 6.45) is 5.81. The summed E-state index contributed by atoms with van der Waals surface area (Å²) in [4.78, 5) is 3.79. The molecule has 1 heterocycles. The first kappa shape index (κ1) is 24.4. The van der Waals surface area contributed by atoms with E-state index in [2.05, 4.69) is 76.4 Å². The Morgan fingerprint density at radius 1 is 1.12 bits per heavy atom. The van der Waals surface area contributed by atoms with Crippen LogP contribution in [0, 0.1) is 17.2 Å². The molecule has 1 fully saturated rings. The molecule has 33 heavy (non-hydrogen) atoms. The highest BCUT2D eigenvalue weighted by molar-refractivity contribution is 8.00. The van der Waals surface area contributed by atoms with Gasteiger partial charge in [-0.3, -0.25) is 0 Å². The number of hydrogen-bond donors (Lipinski definition) is 0. The lowest BCUT2D eigenvalue weighted by Gasteiger charge is -2.48. The Hall–Kier alpha value is -1.74. The summed E-state index contributed by atoms with van der Waals surface area (Å²) in [6, 6.07) is 14.4. The van der Waals surface area contributed by atoms with Crippen LogP contribution < -0.4 is 0 Å². The van der Waals surface area contributed by atoms with Crippen LogP contribution in [0.2, 0.25) is 0 Å². The summed E-state index contributed by atoms with van der Waals surface area (Å²) in [6.45, 7) is 17.9. The molecule has 1 saturated heterocycles. The van der Waals surface area contributed by atoms with Gasteiger partial charge in [-0.2, -0.15) is 0 Å². The van der Waals surface area contributed by atoms with Gasteiger partial charge < -0.3 is 4.90 Å². The van der Waals surface area contributed by atoms with E-state index in [1.807, 2.05) is 17.8 Å². The van der Waals surface area contributed by atoms with Gasteiger partial charge in [-0.25, -0.2) is 4.39 Å². The van der Waals surface area contributed by atoms with Gasteiger partial charge in [0.15, 0.2) is 0 Å². The molecule has 178 valence electrons. The van der Waals surface area contributed by atoms with Crippen molar-refractivity contribution in [2.75, 3.05) is 13.1 Å². The molecule has 0 N–H and O–H groups in total. The van der Waals surface area contributed by atoms with Crippen LogP contribution in [0.15, 0.2) is 53.9 Å². The average molecular weight is 466 g/mol. The molecule has 0 radical (unpaired) electrons. The maximum Gasteiger partial charge on any atom is 0.123 e. The van der Waals surface area contributed by atoms with Crippen LogP contribution in [0.5, 0.6) is 0 Å². The van der Waals surface area contributed by atoms with Crippen molar-refractivity contribution in [2.45, 2.75) is 82.3 Å². The van der Waals surface area contributed by atoms with Crippen molar-refractivity contribution >= 4 is 17.5 Å². The van der Waals surface area contributed by atoms with E-state index in [1.165, 1.54) is 40.8 Å². The summed E-state index contributed by atoms with van der Waals surface area (Å²) in [5.74, 6) is 1.02. The van der Waals surface area contributed by atoms with Gasteiger partial charge in [0.1, 0.15) is 5.82 Å². The molecular weight excluding hydrogens is 425 g/mol. The van der Waals surface area contributed by atoms with Gasteiger partial charge in [0.05, 0.1) is 0 Å². The molecule has 2 aromatic rings. The molecule has 2 aromatic carbocycles. The molecule has 3 heteroatoms. The van der Waals surface area contributed by atoms with Crippen molar-refractivity contribution < 1.29 is 4.39 Å². The minimum absolute atomic E-state index is 0.0866. The van der Waals surface area contributed by atoms with Gasteiger partial charge in [0.2, 0.25) is 0 Å². The third-order valence-corrected chi connectivity index (χ3v) is 8.49. The number of fused-ring (bicyclic) bond motifs is 1. The Labute approximate surface area is 204 Å². The lowest BCUT2D eigenvalue weighted by Crippen LogP contribution is -2.43. The highest BCUT2D eigenvalue weighted by atomic mass is 32.2. The zero-order valence-electron chi connectivity index (χ0n) is 21.1. The van der Waals surface area contributed by atoms with Crippen LogP contribution in [0.3, 0.4) is 0 Å². The molecule has 0 bridgehead atoms. The van der Waals surface area contributed by atoms with Gasteiger partial charge in [-0.1, -0.05) is 59.4 Å². The van der Waals surface area contributed by atoms with Crippen molar-refractivity contribution in [1.82, 2.24) is 4.90 Å². The average Bonchev–Trinajstić information content (AvgIpc) is 2.73. The van der Waals surface area contributed by atoms with E-state index in [0.29, 0.717) is 17.3 Å². The fourth-order valence-electron chi connectivity index (χ4n) is 5.88. The Morgan fingerprint density at radius 3 is 2.39 bits per heavy atom. The van der Waals surface area contributed by atoms with Gasteiger partial charge in [0, 0.05) is 28.4 Å². The minimum atomic E-state index is -0.0866. The summed E-state index contributed by atoms with van der Waals surface area (Å²) >= 11 is 1.90. The first-order valence-corrected chi connectivity index (χ1v) is 13.4. The molecule has 1 spiro atoms. The van der Waals surface area contributed by atoms with Crippen LogP contribution in [0.4, 0.5) is 4.39 Å². The van der Waals surface area contributed by atoms with Crippen LogP contribution in [0.25, 0.3) is 5.70 Å². The van der Waals surface area contributed by atoms with Gasteiger partial charge in [-0.05, 0) is 90.3 Å². The van der Waals surface area contributed by atoms with E-state index in [0.717, 1.165) is 31.6 Å². The monoisotopic (exact) mass is 465 g/mol. The third-order valence-electron chi connectivity index (χ3n) is 7.37. The number of thioether (sulfide) groups is 1. The van der Waals surface area contributed by atoms with E-state index in [9.17, 15) is 4.39 Å². The summed E-state index contributed by atoms with van der Waals surface area (Å²) in [7, 11) is 0. The number of rotatable bonds is 5. The summed E-state index contributed by atoms with van der Waals surface area (Å²) < 4.78 is 14.2. The molecule has 0 amide bonds. The molecule has 0 saturated carbocycles. The number of benzene rings is 2. The maximum atomic E-state index is 14.0. The summed E-state index contributed by atoms with van der Waals surface area (Å²) in [5, 5.41) is 0. The lowest BCUT2D eigenvalue weighted by atomic mass is 9.61. The normalized spacial score (nSPS) is 20.2. The summed E-state index contributed by atoms with van der Waals surface area (Å²) in [5.41, 5.74) is 5.37. The Bertz CT molecular complexity index is 977. The molecule has 1 unspecified atom stereocenters. The number of piperidine rings is 1. The third kappa shape index (κ3) is 5.85. The van der Waals surface area contributed by atoms with Crippen LogP contribution >= 0.6 is 11.8 Å². The fraction of sp³-hybridized carbons (Fsp3) is 0.533. The van der Waals surface area contributed by atoms with E-state index in [-0.39, 0.29) is 10.6 Å². The molecular formula is C30H40FNS. The molecule has 1 nitrogen and oxygen atoms in total. The quantitative estimate of drug-likeness (QED) is 0.407. The minimum Gasteiger partial charge on any atom is -0.371 e. The predicted octanol–water partition coefficient (Wildman–Crippen LogP) is 8.55. The highest BCUT2D eigenvalue weighted by Crippen LogP contribution is 2.50. The standard InChI is InChI=1S/C30H40FNS/c1-21(2)17-25-20-30(19-24-7-10-26(31)18-28(24)25)13-15-32(16-14-30)22(3)23-8-11-27(12-9-23)33-29(4,5)6/h7-12,18,21,25H,3,13-17,19-20H2,1-2,4-6H3. The van der Waals surface area contributed by atoms with Crippen LogP contribution in [-0.4, -0.2) is 22.7 Å². The molecule has 4 rings (SSSR count). The number of halogens is 1. The second-order valence-electron chi connectivity index (χ2n) is 11.7. The Kier molecular flexibility index (Phi) is 7.01. The smallest absolute Gasteiger partial charge is 0.123 e. The van der Waals surface area contributed by atoms with E-state index in [4.69, 9.17) is 0 Å². The number of likely N-dealkylation sites (tertiary alicyclic amines) is 1. The van der Waals surface area contributed by atoms with E-state index in [1.54, 1.807) is 6.07 Å². The second-order valence-corrected chi connectivity index (χ2v) is 13.6. The van der Waals surface area contributed by atoms with Crippen molar-refractivity contribution in [3.8, 4) is 0 Å². The Morgan fingerprint density at radius 2 is 1.79 bits per heavy atom. The zero-order chi connectivity index (χ0) is 23.8. The molecule has 0 aromatic heterocycles. The van der Waals surface area contributed by atoms with Crippen molar-refractivity contribution in [3.05, 3.63) is 71.6 Å². The van der Waals surface area contributed by atoms with Crippen molar-refractivity contribution in [2.24, 2.45) is 11.3 Å². The van der Waals surface area contributed by atoms with E-state index < -0.39 is 0 Å². The van der Waals surface area contributed by atoms with Gasteiger partial charge in [-0.15, -0.1) is 11.8 Å². The number of hydrogen-bond acceptors (Lipinski definition) is 2. The first-order valence-electron chi connectivity index (χ1n) is 12.6. The SMILES string of the molecule is C=C(c1ccc(SC(C)(C)C)cc1)N1CCC2(CC1)Cc1ccc(F)cc1C(CC(C)C)C2. The van der Waals surface area contributed by atoms with Crippen molar-refractivity contribution in [1.29, 1.82) is 0 Å². The molecule has 1 aliphatic carbocycles. The maximum absolute atomic E-state index is 14.0. The Balaban J connectivity index is 1.44. The number of nitrogens with zero attached hydrogens (tertiary/aromatic N) is 1. The highest BCUT2D eigenvalue weighted by Gasteiger charge is 2.41. The largest absolute Gasteiger partial charge is 0.371 e. The first-order chi connectivity index (χ1) is 15.5. The van der Waals surface area contributed by atoms with Gasteiger partial charge >= 0.3 is 0 Å². The fourth-order valence-corrected chi connectivity index (χ4v) is 6.86. The lowest BCUT2D eigenvalue weighted by molar-refractivity contribution is 0.107. The molecule has 1 aliphatic heterocycles. The van der Waals surface area contributed by atoms with Gasteiger partial charge in [0.25, 0.3) is 0 Å². The molecule has 2 aliphatic rings. The second kappa shape index (κ2) is 9.49. The predicted molar refractivity (Wildman–Crippen MR) is 141 cm³/mol. The van der Waals surface area contributed by atoms with Crippen LogP contribution in [-0.2, 0) is 6.42 Å². The zero-order valence-corrected chi connectivity index (χ0v) is 21.9. The van der Waals surface area contributed by atoms with Crippen molar-refractivity contribution in [3.63, 3.8) is 0 Å². The molecule has 1 atom stereocenters.